The van der Waals surface area contributed by atoms with E-state index in [9.17, 15) is 0 Å². The lowest BCUT2D eigenvalue weighted by Crippen LogP contribution is -2.57. The average molecular weight is 252 g/mol. The first-order valence-corrected chi connectivity index (χ1v) is 8.00. The maximum absolute atomic E-state index is 6.18. The molecule has 0 radical (unpaired) electrons. The van der Waals surface area contributed by atoms with Crippen LogP contribution in [0.15, 0.2) is 0 Å². The van der Waals surface area contributed by atoms with E-state index in [0.717, 1.165) is 12.0 Å². The molecule has 0 amide bonds. The van der Waals surface area contributed by atoms with Gasteiger partial charge in [0.05, 0.1) is 0 Å². The molecule has 0 aromatic heterocycles. The molecule has 18 heavy (non-hydrogen) atoms. The summed E-state index contributed by atoms with van der Waals surface area (Å²) in [5.74, 6) is 0. The van der Waals surface area contributed by atoms with Gasteiger partial charge in [0.1, 0.15) is 0 Å². The molecule has 0 heterocycles. The smallest absolute Gasteiger partial charge is 0.0331 e. The van der Waals surface area contributed by atoms with E-state index >= 15 is 0 Å². The standard InChI is InChI=1S/C16H32N2/c1-4-14(2)18(3)16(13-17)11-9-15(10-12-16)7-5-6-8-15/h14H,4-13,17H2,1-3H3. The van der Waals surface area contributed by atoms with Crippen molar-refractivity contribution in [2.45, 2.75) is 83.2 Å². The summed E-state index contributed by atoms with van der Waals surface area (Å²) in [6.07, 6.45) is 12.6. The molecule has 0 aromatic carbocycles. The van der Waals surface area contributed by atoms with E-state index in [2.05, 4.69) is 25.8 Å². The van der Waals surface area contributed by atoms with Crippen LogP contribution in [0.3, 0.4) is 0 Å². The highest BCUT2D eigenvalue weighted by Gasteiger charge is 2.45. The molecule has 2 aliphatic carbocycles. The Bertz CT molecular complexity index is 258. The van der Waals surface area contributed by atoms with E-state index in [1.165, 1.54) is 57.8 Å². The molecule has 2 aliphatic rings. The summed E-state index contributed by atoms with van der Waals surface area (Å²) < 4.78 is 0. The van der Waals surface area contributed by atoms with E-state index in [-0.39, 0.29) is 0 Å². The quantitative estimate of drug-likeness (QED) is 0.829. The second kappa shape index (κ2) is 5.50. The zero-order valence-corrected chi connectivity index (χ0v) is 12.7. The van der Waals surface area contributed by atoms with Gasteiger partial charge in [0, 0.05) is 18.1 Å². The van der Waals surface area contributed by atoms with Crippen molar-refractivity contribution in [3.05, 3.63) is 0 Å². The van der Waals surface area contributed by atoms with E-state index in [1.807, 2.05) is 0 Å². The van der Waals surface area contributed by atoms with Crippen molar-refractivity contribution >= 4 is 0 Å². The Morgan fingerprint density at radius 2 is 1.61 bits per heavy atom. The van der Waals surface area contributed by atoms with Crippen LogP contribution in [-0.4, -0.2) is 30.1 Å². The Morgan fingerprint density at radius 1 is 1.06 bits per heavy atom. The first kappa shape index (κ1) is 14.3. The number of likely N-dealkylation sites (N-methyl/N-ethyl adjacent to an activating group) is 1. The average Bonchev–Trinajstić information content (AvgIpc) is 2.87. The Balaban J connectivity index is 2.03. The molecule has 1 atom stereocenters. The monoisotopic (exact) mass is 252 g/mol. The Morgan fingerprint density at radius 3 is 2.06 bits per heavy atom. The molecule has 106 valence electrons. The van der Waals surface area contributed by atoms with Crippen LogP contribution in [0.2, 0.25) is 0 Å². The van der Waals surface area contributed by atoms with Gasteiger partial charge in [-0.1, -0.05) is 19.8 Å². The molecule has 1 spiro atoms. The lowest BCUT2D eigenvalue weighted by Gasteiger charge is -2.51. The number of hydrogen-bond acceptors (Lipinski definition) is 2. The summed E-state index contributed by atoms with van der Waals surface area (Å²) >= 11 is 0. The highest BCUT2D eigenvalue weighted by atomic mass is 15.2. The predicted molar refractivity (Wildman–Crippen MR) is 78.7 cm³/mol. The minimum atomic E-state index is 0.295. The first-order valence-electron chi connectivity index (χ1n) is 8.00. The minimum Gasteiger partial charge on any atom is -0.329 e. The van der Waals surface area contributed by atoms with Crippen LogP contribution in [0.4, 0.5) is 0 Å². The highest BCUT2D eigenvalue weighted by molar-refractivity contribution is 5.01. The van der Waals surface area contributed by atoms with Crippen molar-refractivity contribution in [1.82, 2.24) is 4.90 Å². The van der Waals surface area contributed by atoms with E-state index < -0.39 is 0 Å². The summed E-state index contributed by atoms with van der Waals surface area (Å²) in [5.41, 5.74) is 7.19. The fourth-order valence-corrected chi connectivity index (χ4v) is 4.31. The van der Waals surface area contributed by atoms with Gasteiger partial charge in [0.2, 0.25) is 0 Å². The van der Waals surface area contributed by atoms with Crippen molar-refractivity contribution < 1.29 is 0 Å². The maximum Gasteiger partial charge on any atom is 0.0331 e. The van der Waals surface area contributed by atoms with Crippen molar-refractivity contribution in [3.8, 4) is 0 Å². The third-order valence-corrected chi connectivity index (χ3v) is 6.29. The first-order chi connectivity index (χ1) is 8.57. The van der Waals surface area contributed by atoms with Gasteiger partial charge in [-0.05, 0) is 64.3 Å². The summed E-state index contributed by atoms with van der Waals surface area (Å²) in [5, 5.41) is 0. The summed E-state index contributed by atoms with van der Waals surface area (Å²) in [4.78, 5) is 2.59. The third kappa shape index (κ3) is 2.46. The second-order valence-electron chi connectivity index (χ2n) is 7.00. The van der Waals surface area contributed by atoms with Crippen LogP contribution in [0.1, 0.15) is 71.6 Å². The van der Waals surface area contributed by atoms with Crippen LogP contribution in [0, 0.1) is 5.41 Å². The molecule has 2 nitrogen and oxygen atoms in total. The fourth-order valence-electron chi connectivity index (χ4n) is 4.31. The minimum absolute atomic E-state index is 0.295. The van der Waals surface area contributed by atoms with Gasteiger partial charge < -0.3 is 5.73 Å². The highest BCUT2D eigenvalue weighted by Crippen LogP contribution is 2.52. The number of nitrogens with two attached hydrogens (primary N) is 1. The van der Waals surface area contributed by atoms with Crippen LogP contribution >= 0.6 is 0 Å². The van der Waals surface area contributed by atoms with Crippen LogP contribution < -0.4 is 5.73 Å². The van der Waals surface area contributed by atoms with Gasteiger partial charge in [-0.15, -0.1) is 0 Å². The van der Waals surface area contributed by atoms with Gasteiger partial charge in [0.25, 0.3) is 0 Å². The molecule has 1 unspecified atom stereocenters. The zero-order chi connectivity index (χ0) is 13.2. The van der Waals surface area contributed by atoms with Gasteiger partial charge >= 0.3 is 0 Å². The van der Waals surface area contributed by atoms with Crippen LogP contribution in [0.5, 0.6) is 0 Å². The Labute approximate surface area is 113 Å². The predicted octanol–water partition coefficient (Wildman–Crippen LogP) is 3.55. The second-order valence-corrected chi connectivity index (χ2v) is 7.00. The SMILES string of the molecule is CCC(C)N(C)C1(CN)CCC2(CCCC2)CC1. The summed E-state index contributed by atoms with van der Waals surface area (Å²) in [6.45, 7) is 5.47. The molecule has 2 saturated carbocycles. The normalized spacial score (nSPS) is 27.8. The molecule has 0 aliphatic heterocycles. The molecule has 2 rings (SSSR count). The molecule has 0 bridgehead atoms. The van der Waals surface area contributed by atoms with Crippen molar-refractivity contribution in [3.63, 3.8) is 0 Å². The lowest BCUT2D eigenvalue weighted by atomic mass is 9.65. The molecule has 0 saturated heterocycles. The van der Waals surface area contributed by atoms with Crippen LogP contribution in [0.25, 0.3) is 0 Å². The largest absolute Gasteiger partial charge is 0.329 e. The molecule has 2 fully saturated rings. The lowest BCUT2D eigenvalue weighted by molar-refractivity contribution is 0.00788. The van der Waals surface area contributed by atoms with Crippen molar-refractivity contribution in [2.75, 3.05) is 13.6 Å². The number of nitrogens with zero attached hydrogens (tertiary/aromatic N) is 1. The fraction of sp³-hybridized carbons (Fsp3) is 1.00. The molecule has 0 aromatic rings. The van der Waals surface area contributed by atoms with Crippen molar-refractivity contribution in [2.24, 2.45) is 11.1 Å². The van der Waals surface area contributed by atoms with Crippen LogP contribution in [-0.2, 0) is 0 Å². The van der Waals surface area contributed by atoms with Gasteiger partial charge in [0.15, 0.2) is 0 Å². The number of rotatable bonds is 4. The zero-order valence-electron chi connectivity index (χ0n) is 12.7. The molecular formula is C16H32N2. The molecular weight excluding hydrogens is 220 g/mol. The molecule has 2 N–H and O–H groups in total. The van der Waals surface area contributed by atoms with E-state index in [1.54, 1.807) is 0 Å². The maximum atomic E-state index is 6.18. The summed E-state index contributed by atoms with van der Waals surface area (Å²) in [7, 11) is 2.30. The van der Waals surface area contributed by atoms with E-state index in [0.29, 0.717) is 11.6 Å². The Hall–Kier alpha value is -0.0800. The van der Waals surface area contributed by atoms with Gasteiger partial charge in [-0.25, -0.2) is 0 Å². The van der Waals surface area contributed by atoms with Crippen molar-refractivity contribution in [1.29, 1.82) is 0 Å². The molecule has 2 heteroatoms. The third-order valence-electron chi connectivity index (χ3n) is 6.29. The summed E-state index contributed by atoms with van der Waals surface area (Å²) in [6, 6.07) is 0.658. The van der Waals surface area contributed by atoms with Gasteiger partial charge in [-0.3, -0.25) is 4.90 Å². The number of hydrogen-bond donors (Lipinski definition) is 1. The van der Waals surface area contributed by atoms with E-state index in [4.69, 9.17) is 5.73 Å². The Kier molecular flexibility index (Phi) is 4.38. The van der Waals surface area contributed by atoms with Gasteiger partial charge in [-0.2, -0.15) is 0 Å². The topological polar surface area (TPSA) is 29.3 Å².